The van der Waals surface area contributed by atoms with E-state index in [4.69, 9.17) is 0 Å². The highest BCUT2D eigenvalue weighted by Crippen LogP contribution is 2.28. The topological polar surface area (TPSA) is 81.0 Å². The van der Waals surface area contributed by atoms with Gasteiger partial charge in [-0.2, -0.15) is 0 Å². The summed E-state index contributed by atoms with van der Waals surface area (Å²) >= 11 is 3.44. The largest absolute Gasteiger partial charge is 0.339 e. The van der Waals surface area contributed by atoms with Crippen molar-refractivity contribution in [3.63, 3.8) is 0 Å². The van der Waals surface area contributed by atoms with Crippen molar-refractivity contribution in [1.82, 2.24) is 9.97 Å². The molecule has 0 bridgehead atoms. The number of nitro benzene ring substituents is 1. The van der Waals surface area contributed by atoms with E-state index in [1.54, 1.807) is 12.1 Å². The van der Waals surface area contributed by atoms with Gasteiger partial charge in [-0.1, -0.05) is 12.1 Å². The van der Waals surface area contributed by atoms with Crippen LogP contribution >= 0.6 is 15.9 Å². The number of nitro groups is 1. The monoisotopic (exact) mass is 344 g/mol. The smallest absolute Gasteiger partial charge is 0.271 e. The standard InChI is InChI=1S/C14H9BrN4O2/c15-12-6-2-5-11-13(12)16-8-17-14(11)18-9-3-1-4-10(7-9)19(20)21/h1-8H,(H,16,17,18). The van der Waals surface area contributed by atoms with Crippen molar-refractivity contribution in [2.45, 2.75) is 0 Å². The van der Waals surface area contributed by atoms with Crippen molar-refractivity contribution in [3.05, 3.63) is 63.4 Å². The van der Waals surface area contributed by atoms with Crippen LogP contribution in [0.2, 0.25) is 0 Å². The second kappa shape index (κ2) is 5.45. The van der Waals surface area contributed by atoms with Crippen LogP contribution in [0.4, 0.5) is 17.2 Å². The molecule has 1 N–H and O–H groups in total. The lowest BCUT2D eigenvalue weighted by atomic mass is 10.2. The van der Waals surface area contributed by atoms with E-state index in [0.29, 0.717) is 11.5 Å². The lowest BCUT2D eigenvalue weighted by Gasteiger charge is -2.08. The van der Waals surface area contributed by atoms with Gasteiger partial charge in [0.1, 0.15) is 12.1 Å². The fourth-order valence-electron chi connectivity index (χ4n) is 1.99. The van der Waals surface area contributed by atoms with E-state index in [9.17, 15) is 10.1 Å². The summed E-state index contributed by atoms with van der Waals surface area (Å²) in [4.78, 5) is 18.8. The van der Waals surface area contributed by atoms with Crippen LogP contribution in [-0.2, 0) is 0 Å². The van der Waals surface area contributed by atoms with Crippen LogP contribution in [0.3, 0.4) is 0 Å². The van der Waals surface area contributed by atoms with E-state index < -0.39 is 4.92 Å². The lowest BCUT2D eigenvalue weighted by molar-refractivity contribution is -0.384. The highest BCUT2D eigenvalue weighted by atomic mass is 79.9. The summed E-state index contributed by atoms with van der Waals surface area (Å²) in [7, 11) is 0. The van der Waals surface area contributed by atoms with Crippen molar-refractivity contribution in [3.8, 4) is 0 Å². The SMILES string of the molecule is O=[N+]([O-])c1cccc(Nc2ncnc3c(Br)cccc23)c1. The number of nitrogens with one attached hydrogen (secondary N) is 1. The summed E-state index contributed by atoms with van der Waals surface area (Å²) in [6.07, 6.45) is 1.45. The van der Waals surface area contributed by atoms with Crippen molar-refractivity contribution in [2.75, 3.05) is 5.32 Å². The van der Waals surface area contributed by atoms with E-state index in [-0.39, 0.29) is 5.69 Å². The molecule has 0 aliphatic rings. The van der Waals surface area contributed by atoms with Gasteiger partial charge in [0.15, 0.2) is 0 Å². The Morgan fingerprint density at radius 2 is 1.95 bits per heavy atom. The summed E-state index contributed by atoms with van der Waals surface area (Å²) in [6, 6.07) is 11.9. The molecule has 0 unspecified atom stereocenters. The first-order chi connectivity index (χ1) is 10.1. The van der Waals surface area contributed by atoms with Gasteiger partial charge in [-0.25, -0.2) is 9.97 Å². The normalized spacial score (nSPS) is 10.5. The van der Waals surface area contributed by atoms with Crippen LogP contribution < -0.4 is 5.32 Å². The zero-order valence-corrected chi connectivity index (χ0v) is 12.2. The number of para-hydroxylation sites is 1. The molecular formula is C14H9BrN4O2. The molecule has 1 heterocycles. The van der Waals surface area contributed by atoms with Gasteiger partial charge in [-0.3, -0.25) is 10.1 Å². The summed E-state index contributed by atoms with van der Waals surface area (Å²) in [6.45, 7) is 0. The van der Waals surface area contributed by atoms with Crippen LogP contribution in [0.25, 0.3) is 10.9 Å². The predicted octanol–water partition coefficient (Wildman–Crippen LogP) is 4.04. The van der Waals surface area contributed by atoms with Crippen LogP contribution in [0.15, 0.2) is 53.3 Å². The van der Waals surface area contributed by atoms with E-state index >= 15 is 0 Å². The number of aromatic nitrogens is 2. The second-order valence-electron chi connectivity index (χ2n) is 4.29. The number of nitrogens with zero attached hydrogens (tertiary/aromatic N) is 3. The van der Waals surface area contributed by atoms with Gasteiger partial charge in [-0.05, 0) is 34.1 Å². The van der Waals surface area contributed by atoms with Gasteiger partial charge in [0, 0.05) is 27.7 Å². The van der Waals surface area contributed by atoms with Crippen molar-refractivity contribution >= 4 is 44.0 Å². The van der Waals surface area contributed by atoms with Crippen LogP contribution in [0.5, 0.6) is 0 Å². The molecule has 2 aromatic carbocycles. The Morgan fingerprint density at radius 3 is 2.76 bits per heavy atom. The Balaban J connectivity index is 2.04. The second-order valence-corrected chi connectivity index (χ2v) is 5.15. The molecule has 0 atom stereocenters. The maximum Gasteiger partial charge on any atom is 0.271 e. The Morgan fingerprint density at radius 1 is 1.14 bits per heavy atom. The van der Waals surface area contributed by atoms with Gasteiger partial charge in [0.2, 0.25) is 0 Å². The molecule has 0 fully saturated rings. The number of anilines is 2. The minimum absolute atomic E-state index is 0.0274. The maximum absolute atomic E-state index is 10.8. The van der Waals surface area contributed by atoms with Crippen LogP contribution in [-0.4, -0.2) is 14.9 Å². The first-order valence-corrected chi connectivity index (χ1v) is 6.85. The summed E-state index contributed by atoms with van der Waals surface area (Å²) in [5, 5.41) is 14.7. The van der Waals surface area contributed by atoms with Crippen LogP contribution in [0, 0.1) is 10.1 Å². The fourth-order valence-corrected chi connectivity index (χ4v) is 2.45. The third kappa shape index (κ3) is 2.68. The lowest BCUT2D eigenvalue weighted by Crippen LogP contribution is -1.97. The molecule has 0 saturated carbocycles. The number of fused-ring (bicyclic) bond motifs is 1. The average Bonchev–Trinajstić information content (AvgIpc) is 2.49. The van der Waals surface area contributed by atoms with E-state index in [0.717, 1.165) is 15.4 Å². The minimum atomic E-state index is -0.431. The van der Waals surface area contributed by atoms with Gasteiger partial charge in [0.25, 0.3) is 5.69 Å². The highest BCUT2D eigenvalue weighted by molar-refractivity contribution is 9.10. The molecule has 0 spiro atoms. The number of non-ortho nitro benzene ring substituents is 1. The summed E-state index contributed by atoms with van der Waals surface area (Å²) in [5.41, 5.74) is 1.41. The molecule has 6 nitrogen and oxygen atoms in total. The van der Waals surface area contributed by atoms with Crippen molar-refractivity contribution in [1.29, 1.82) is 0 Å². The molecule has 21 heavy (non-hydrogen) atoms. The van der Waals surface area contributed by atoms with Gasteiger partial charge >= 0.3 is 0 Å². The molecule has 0 aliphatic carbocycles. The number of rotatable bonds is 3. The Bertz CT molecular complexity index is 838. The third-order valence-electron chi connectivity index (χ3n) is 2.94. The maximum atomic E-state index is 10.8. The predicted molar refractivity (Wildman–Crippen MR) is 83.6 cm³/mol. The first-order valence-electron chi connectivity index (χ1n) is 6.06. The van der Waals surface area contributed by atoms with Gasteiger partial charge < -0.3 is 5.32 Å². The number of benzene rings is 2. The molecule has 7 heteroatoms. The zero-order chi connectivity index (χ0) is 14.8. The molecule has 0 radical (unpaired) electrons. The van der Waals surface area contributed by atoms with Crippen molar-refractivity contribution < 1.29 is 4.92 Å². The van der Waals surface area contributed by atoms with Crippen LogP contribution in [0.1, 0.15) is 0 Å². The Hall–Kier alpha value is -2.54. The third-order valence-corrected chi connectivity index (χ3v) is 3.58. The number of halogens is 1. The molecule has 104 valence electrons. The number of hydrogen-bond donors (Lipinski definition) is 1. The van der Waals surface area contributed by atoms with Crippen molar-refractivity contribution in [2.24, 2.45) is 0 Å². The molecule has 3 aromatic rings. The van der Waals surface area contributed by atoms with Gasteiger partial charge in [0.05, 0.1) is 10.4 Å². The molecule has 0 aliphatic heterocycles. The highest BCUT2D eigenvalue weighted by Gasteiger charge is 2.09. The first kappa shape index (κ1) is 13.4. The summed E-state index contributed by atoms with van der Waals surface area (Å²) in [5.74, 6) is 0.599. The quantitative estimate of drug-likeness (QED) is 0.572. The molecule has 0 saturated heterocycles. The van der Waals surface area contributed by atoms with E-state index in [2.05, 4.69) is 31.2 Å². The Kier molecular flexibility index (Phi) is 3.49. The molecule has 0 amide bonds. The number of hydrogen-bond acceptors (Lipinski definition) is 5. The molecule has 1 aromatic heterocycles. The molecular weight excluding hydrogens is 336 g/mol. The van der Waals surface area contributed by atoms with E-state index in [1.165, 1.54) is 18.5 Å². The van der Waals surface area contributed by atoms with E-state index in [1.807, 2.05) is 18.2 Å². The Labute approximate surface area is 128 Å². The average molecular weight is 345 g/mol. The fraction of sp³-hybridized carbons (Fsp3) is 0. The summed E-state index contributed by atoms with van der Waals surface area (Å²) < 4.78 is 0.865. The minimum Gasteiger partial charge on any atom is -0.339 e. The molecule has 3 rings (SSSR count). The van der Waals surface area contributed by atoms with Gasteiger partial charge in [-0.15, -0.1) is 0 Å². The zero-order valence-electron chi connectivity index (χ0n) is 10.7.